The maximum Gasteiger partial charge on any atom is 0.119 e. The van der Waals surface area contributed by atoms with Gasteiger partial charge in [-0.15, -0.1) is 6.58 Å². The van der Waals surface area contributed by atoms with E-state index in [2.05, 4.69) is 78.4 Å². The Labute approximate surface area is 195 Å². The van der Waals surface area contributed by atoms with Crippen LogP contribution in [0.4, 0.5) is 0 Å². The van der Waals surface area contributed by atoms with Crippen molar-refractivity contribution in [2.45, 2.75) is 24.8 Å². The van der Waals surface area contributed by atoms with Gasteiger partial charge in [-0.3, -0.25) is 4.98 Å². The number of nitrogens with one attached hydrogen (secondary N) is 1. The summed E-state index contributed by atoms with van der Waals surface area (Å²) in [5.74, 6) is 2.69. The number of thiocarbonyl (C=S) groups is 1. The third-order valence-electron chi connectivity index (χ3n) is 7.20. The molecule has 32 heavy (non-hydrogen) atoms. The zero-order chi connectivity index (χ0) is 22.5. The minimum Gasteiger partial charge on any atom is -0.753 e. The average molecular weight is 444 g/mol. The molecule has 3 aromatic rings. The Balaban J connectivity index is 0.000000775. The number of rotatable bonds is 5. The van der Waals surface area contributed by atoms with Crippen LogP contribution in [0.25, 0.3) is 16.3 Å². The number of aromatic nitrogens is 1. The van der Waals surface area contributed by atoms with Gasteiger partial charge in [0.1, 0.15) is 5.75 Å². The minimum atomic E-state index is 0.359. The van der Waals surface area contributed by atoms with Gasteiger partial charge in [0.2, 0.25) is 0 Å². The third-order valence-corrected chi connectivity index (χ3v) is 7.20. The SMILES string of the molecule is C=C[C@H]1C[NH+]2CC[C@H]1C[C@H]2[C@@H](c1ccccc1)c1ccnc2ccc(OC)cc12.[N-]=C=S. The lowest BCUT2D eigenvalue weighted by atomic mass is 9.69. The number of pyridine rings is 1. The third kappa shape index (κ3) is 4.37. The topological polar surface area (TPSA) is 48.9 Å². The van der Waals surface area contributed by atoms with E-state index in [4.69, 9.17) is 10.1 Å². The number of isothiocyanates is 1. The van der Waals surface area contributed by atoms with E-state index in [9.17, 15) is 0 Å². The summed E-state index contributed by atoms with van der Waals surface area (Å²) in [6.07, 6.45) is 6.76. The zero-order valence-corrected chi connectivity index (χ0v) is 19.2. The standard InChI is InChI=1S/C26H28N2O.CNS/c1-3-18-17-28-14-12-20(18)15-25(28)26(19-7-5-4-6-8-19)22-11-13-27-24-10-9-21(29-2)16-23(22)24;2-1-3/h3-11,13,16,18,20,25-26H,1,12,14-15,17H2,2H3;/q;-1/p+1/t18-,20-,25-,26-;/m0./s1. The van der Waals surface area contributed by atoms with Crippen LogP contribution in [0.3, 0.4) is 0 Å². The molecule has 3 aliphatic rings. The first kappa shape index (κ1) is 22.3. The predicted octanol–water partition coefficient (Wildman–Crippen LogP) is 4.51. The highest BCUT2D eigenvalue weighted by atomic mass is 32.1. The summed E-state index contributed by atoms with van der Waals surface area (Å²) in [7, 11) is 1.73. The highest BCUT2D eigenvalue weighted by molar-refractivity contribution is 7.78. The van der Waals surface area contributed by atoms with E-state index in [-0.39, 0.29) is 0 Å². The van der Waals surface area contributed by atoms with Gasteiger partial charge >= 0.3 is 0 Å². The molecule has 6 rings (SSSR count). The van der Waals surface area contributed by atoms with E-state index in [0.717, 1.165) is 17.2 Å². The molecule has 1 unspecified atom stereocenters. The van der Waals surface area contributed by atoms with Crippen LogP contribution in [-0.4, -0.2) is 36.4 Å². The molecular formula is C27H29N3OS. The molecule has 0 amide bonds. The second-order valence-corrected chi connectivity index (χ2v) is 8.85. The lowest BCUT2D eigenvalue weighted by molar-refractivity contribution is -0.946. The molecule has 3 saturated heterocycles. The van der Waals surface area contributed by atoms with Crippen molar-refractivity contribution in [2.75, 3.05) is 20.2 Å². The Hall–Kier alpha value is -2.85. The number of methoxy groups -OCH3 is 1. The van der Waals surface area contributed by atoms with Crippen LogP contribution in [0.1, 0.15) is 29.9 Å². The lowest BCUT2D eigenvalue weighted by Gasteiger charge is -2.48. The molecule has 0 radical (unpaired) electrons. The molecule has 1 N–H and O–H groups in total. The van der Waals surface area contributed by atoms with Gasteiger partial charge in [-0.2, -0.15) is 5.16 Å². The number of piperidine rings is 3. The van der Waals surface area contributed by atoms with Gasteiger partial charge in [-0.1, -0.05) is 48.6 Å². The second kappa shape index (κ2) is 10.2. The lowest BCUT2D eigenvalue weighted by Crippen LogP contribution is -3.20. The first-order chi connectivity index (χ1) is 15.7. The second-order valence-electron chi connectivity index (χ2n) is 8.67. The van der Waals surface area contributed by atoms with Crippen LogP contribution in [0.15, 0.2) is 73.4 Å². The van der Waals surface area contributed by atoms with Crippen molar-refractivity contribution >= 4 is 28.3 Å². The summed E-state index contributed by atoms with van der Waals surface area (Å²) in [5.41, 5.74) is 3.82. The summed E-state index contributed by atoms with van der Waals surface area (Å²) in [5, 5.41) is 9.68. The maximum absolute atomic E-state index is 7.13. The fraction of sp³-hybridized carbons (Fsp3) is 0.333. The van der Waals surface area contributed by atoms with Gasteiger partial charge in [0.25, 0.3) is 0 Å². The minimum absolute atomic E-state index is 0.359. The van der Waals surface area contributed by atoms with Crippen LogP contribution in [0.5, 0.6) is 5.75 Å². The molecule has 2 bridgehead atoms. The van der Waals surface area contributed by atoms with Gasteiger partial charge in [-0.25, -0.2) is 0 Å². The molecule has 4 nitrogen and oxygen atoms in total. The maximum atomic E-state index is 7.13. The van der Waals surface area contributed by atoms with Crippen molar-refractivity contribution in [2.24, 2.45) is 11.8 Å². The highest BCUT2D eigenvalue weighted by Gasteiger charge is 2.46. The highest BCUT2D eigenvalue weighted by Crippen LogP contribution is 2.39. The Morgan fingerprint density at radius 1 is 1.25 bits per heavy atom. The van der Waals surface area contributed by atoms with Gasteiger partial charge in [0.05, 0.1) is 37.7 Å². The molecule has 5 atom stereocenters. The van der Waals surface area contributed by atoms with E-state index >= 15 is 0 Å². The molecule has 3 fully saturated rings. The summed E-state index contributed by atoms with van der Waals surface area (Å²) < 4.78 is 5.54. The number of fused-ring (bicyclic) bond motifs is 4. The fourth-order valence-corrected chi connectivity index (χ4v) is 5.76. The molecule has 0 aliphatic carbocycles. The molecule has 2 aromatic carbocycles. The predicted molar refractivity (Wildman–Crippen MR) is 133 cm³/mol. The van der Waals surface area contributed by atoms with Crippen molar-refractivity contribution in [3.05, 3.63) is 90.0 Å². The van der Waals surface area contributed by atoms with Crippen molar-refractivity contribution in [3.63, 3.8) is 0 Å². The Morgan fingerprint density at radius 3 is 2.69 bits per heavy atom. The number of ether oxygens (including phenoxy) is 1. The van der Waals surface area contributed by atoms with Gasteiger partial charge in [0.15, 0.2) is 0 Å². The van der Waals surface area contributed by atoms with Crippen LogP contribution in [0.2, 0.25) is 0 Å². The Bertz CT molecular complexity index is 1110. The molecular weight excluding hydrogens is 414 g/mol. The van der Waals surface area contributed by atoms with E-state index in [1.54, 1.807) is 12.0 Å². The molecule has 0 spiro atoms. The van der Waals surface area contributed by atoms with Crippen molar-refractivity contribution < 1.29 is 9.64 Å². The van der Waals surface area contributed by atoms with E-state index in [0.29, 0.717) is 17.9 Å². The van der Waals surface area contributed by atoms with E-state index in [1.165, 1.54) is 47.6 Å². The van der Waals surface area contributed by atoms with Crippen LogP contribution in [-0.2, 0) is 0 Å². The summed E-state index contributed by atoms with van der Waals surface area (Å²) in [6, 6.07) is 20.1. The van der Waals surface area contributed by atoms with E-state index in [1.807, 2.05) is 12.3 Å². The number of nitrogens with zero attached hydrogens (tertiary/aromatic N) is 2. The quantitative estimate of drug-likeness (QED) is 0.359. The van der Waals surface area contributed by atoms with E-state index < -0.39 is 0 Å². The Kier molecular flexibility index (Phi) is 7.11. The first-order valence-corrected chi connectivity index (χ1v) is 11.6. The van der Waals surface area contributed by atoms with Crippen molar-refractivity contribution in [1.82, 2.24) is 4.98 Å². The molecule has 164 valence electrons. The van der Waals surface area contributed by atoms with Crippen molar-refractivity contribution in [3.8, 4) is 5.75 Å². The summed E-state index contributed by atoms with van der Waals surface area (Å²) in [6.45, 7) is 6.60. The molecule has 1 aromatic heterocycles. The molecule has 5 heteroatoms. The smallest absolute Gasteiger partial charge is 0.119 e. The number of quaternary nitrogens is 1. The number of hydrogen-bond acceptors (Lipinski definition) is 3. The fourth-order valence-electron chi connectivity index (χ4n) is 5.76. The normalized spacial score (nSPS) is 24.7. The largest absolute Gasteiger partial charge is 0.753 e. The van der Waals surface area contributed by atoms with Gasteiger partial charge < -0.3 is 15.0 Å². The molecule has 0 saturated carbocycles. The van der Waals surface area contributed by atoms with Crippen LogP contribution >= 0.6 is 12.2 Å². The monoisotopic (exact) mass is 443 g/mol. The summed E-state index contributed by atoms with van der Waals surface area (Å²) in [4.78, 5) is 6.37. The number of benzene rings is 2. The van der Waals surface area contributed by atoms with Crippen LogP contribution < -0.4 is 9.64 Å². The molecule has 4 heterocycles. The van der Waals surface area contributed by atoms with Crippen molar-refractivity contribution in [1.29, 1.82) is 0 Å². The van der Waals surface area contributed by atoms with Gasteiger partial charge in [0, 0.05) is 30.3 Å². The number of hydrogen-bond donors (Lipinski definition) is 1. The van der Waals surface area contributed by atoms with Crippen LogP contribution in [0, 0.1) is 11.8 Å². The summed E-state index contributed by atoms with van der Waals surface area (Å²) >= 11 is 3.70. The average Bonchev–Trinajstić information content (AvgIpc) is 2.85. The first-order valence-electron chi connectivity index (χ1n) is 11.2. The Morgan fingerprint density at radius 2 is 2.03 bits per heavy atom. The zero-order valence-electron chi connectivity index (χ0n) is 18.4. The molecule has 3 aliphatic heterocycles. The van der Waals surface area contributed by atoms with Gasteiger partial charge in [-0.05, 0) is 41.3 Å².